The van der Waals surface area contributed by atoms with Crippen molar-refractivity contribution in [2.24, 2.45) is 4.99 Å². The van der Waals surface area contributed by atoms with Crippen molar-refractivity contribution in [1.29, 1.82) is 0 Å². The molecule has 0 aromatic heterocycles. The molecule has 0 aromatic carbocycles. The van der Waals surface area contributed by atoms with Crippen molar-refractivity contribution in [1.82, 2.24) is 0 Å². The van der Waals surface area contributed by atoms with Crippen molar-refractivity contribution in [2.45, 2.75) is 103 Å². The average molecular weight is 312 g/mol. The summed E-state index contributed by atoms with van der Waals surface area (Å²) in [5.41, 5.74) is 0. The minimum Gasteiger partial charge on any atom is -0.481 e. The number of nitrogens with zero attached hydrogens (tertiary/aromatic N) is 1. The van der Waals surface area contributed by atoms with E-state index >= 15 is 0 Å². The Labute approximate surface area is 137 Å². The fourth-order valence-corrected chi connectivity index (χ4v) is 2.63. The van der Waals surface area contributed by atoms with Crippen LogP contribution in [0.25, 0.3) is 0 Å². The molecule has 3 heteroatoms. The second-order valence-corrected chi connectivity index (χ2v) is 6.28. The van der Waals surface area contributed by atoms with E-state index in [0.717, 1.165) is 13.0 Å². The maximum absolute atomic E-state index is 10.3. The average Bonchev–Trinajstić information content (AvgIpc) is 2.50. The molecule has 0 amide bonds. The van der Waals surface area contributed by atoms with Gasteiger partial charge in [-0.1, -0.05) is 90.4 Å². The Morgan fingerprint density at radius 2 is 1.18 bits per heavy atom. The van der Waals surface area contributed by atoms with Crippen molar-refractivity contribution in [3.05, 3.63) is 0 Å². The van der Waals surface area contributed by atoms with Crippen LogP contribution in [0.3, 0.4) is 0 Å². The molecule has 0 aromatic rings. The van der Waals surface area contributed by atoms with Crippen LogP contribution < -0.4 is 0 Å². The predicted octanol–water partition coefficient (Wildman–Crippen LogP) is 6.01. The van der Waals surface area contributed by atoms with E-state index in [9.17, 15) is 4.79 Å². The van der Waals surface area contributed by atoms with E-state index in [2.05, 4.69) is 11.9 Å². The zero-order valence-corrected chi connectivity index (χ0v) is 14.7. The summed E-state index contributed by atoms with van der Waals surface area (Å²) in [6.07, 6.45) is 20.6. The fraction of sp³-hybridized carbons (Fsp3) is 0.895. The summed E-state index contributed by atoms with van der Waals surface area (Å²) in [5.74, 6) is -0.801. The third kappa shape index (κ3) is 19.1. The van der Waals surface area contributed by atoms with Crippen molar-refractivity contribution in [2.75, 3.05) is 6.54 Å². The van der Waals surface area contributed by atoms with E-state index in [4.69, 9.17) is 5.11 Å². The van der Waals surface area contributed by atoms with Crippen LogP contribution >= 0.6 is 0 Å². The summed E-state index contributed by atoms with van der Waals surface area (Å²) in [5, 5.41) is 8.45. The standard InChI is InChI=1S/C19H37NO2/c1-2-3-4-5-6-7-8-9-10-11-12-13-14-15-17-20-18-16-19(21)22/h18H,2-17H2,1H3,(H,21,22). The largest absolute Gasteiger partial charge is 0.481 e. The van der Waals surface area contributed by atoms with Gasteiger partial charge in [0, 0.05) is 12.8 Å². The van der Waals surface area contributed by atoms with Crippen molar-refractivity contribution in [3.8, 4) is 0 Å². The fourth-order valence-electron chi connectivity index (χ4n) is 2.63. The molecule has 0 atom stereocenters. The maximum atomic E-state index is 10.3. The Morgan fingerprint density at radius 1 is 0.773 bits per heavy atom. The Kier molecular flexibility index (Phi) is 17.5. The van der Waals surface area contributed by atoms with Crippen molar-refractivity contribution >= 4 is 12.2 Å². The van der Waals surface area contributed by atoms with Crippen LogP contribution in [0.1, 0.15) is 103 Å². The second-order valence-electron chi connectivity index (χ2n) is 6.28. The van der Waals surface area contributed by atoms with Gasteiger partial charge in [-0.3, -0.25) is 9.79 Å². The summed E-state index contributed by atoms with van der Waals surface area (Å²) in [7, 11) is 0. The van der Waals surface area contributed by atoms with Gasteiger partial charge in [0.25, 0.3) is 0 Å². The number of hydrogen-bond donors (Lipinski definition) is 1. The lowest BCUT2D eigenvalue weighted by atomic mass is 10.0. The maximum Gasteiger partial charge on any atom is 0.308 e. The topological polar surface area (TPSA) is 49.7 Å². The van der Waals surface area contributed by atoms with Gasteiger partial charge in [-0.25, -0.2) is 0 Å². The molecule has 130 valence electrons. The highest BCUT2D eigenvalue weighted by molar-refractivity contribution is 5.84. The number of aliphatic carboxylic acids is 1. The minimum absolute atomic E-state index is 0.0542. The second kappa shape index (κ2) is 18.2. The lowest BCUT2D eigenvalue weighted by Gasteiger charge is -2.02. The molecule has 1 N–H and O–H groups in total. The molecule has 0 saturated carbocycles. The van der Waals surface area contributed by atoms with Crippen LogP contribution in [0.2, 0.25) is 0 Å². The van der Waals surface area contributed by atoms with Crippen LogP contribution in [0.15, 0.2) is 4.99 Å². The molecule has 0 aliphatic carbocycles. The van der Waals surface area contributed by atoms with Gasteiger partial charge in [0.15, 0.2) is 0 Å². The van der Waals surface area contributed by atoms with E-state index in [1.54, 1.807) is 0 Å². The first kappa shape index (κ1) is 21.1. The Hall–Kier alpha value is -0.860. The highest BCUT2D eigenvalue weighted by atomic mass is 16.4. The Balaban J connectivity index is 3.02. The first-order valence-corrected chi connectivity index (χ1v) is 9.47. The predicted molar refractivity (Wildman–Crippen MR) is 95.9 cm³/mol. The quantitative estimate of drug-likeness (QED) is 0.264. The Bertz CT molecular complexity index is 264. The third-order valence-corrected chi connectivity index (χ3v) is 4.04. The molecule has 0 unspecified atom stereocenters. The monoisotopic (exact) mass is 311 g/mol. The van der Waals surface area contributed by atoms with Gasteiger partial charge in [-0.15, -0.1) is 0 Å². The van der Waals surface area contributed by atoms with Gasteiger partial charge < -0.3 is 5.11 Å². The van der Waals surface area contributed by atoms with E-state index in [0.29, 0.717) is 0 Å². The molecule has 0 heterocycles. The molecule has 0 radical (unpaired) electrons. The number of carboxylic acid groups (broad SMARTS) is 1. The first-order valence-electron chi connectivity index (χ1n) is 9.47. The molecule has 3 nitrogen and oxygen atoms in total. The smallest absolute Gasteiger partial charge is 0.308 e. The zero-order chi connectivity index (χ0) is 16.3. The lowest BCUT2D eigenvalue weighted by molar-refractivity contribution is -0.135. The SMILES string of the molecule is CCCCCCCCCCCCCCCCN=CCC(=O)O. The van der Waals surface area contributed by atoms with Crippen molar-refractivity contribution in [3.63, 3.8) is 0 Å². The summed E-state index contributed by atoms with van der Waals surface area (Å²) in [6.45, 7) is 3.05. The van der Waals surface area contributed by atoms with Crippen LogP contribution in [0.4, 0.5) is 0 Å². The van der Waals surface area contributed by atoms with E-state index in [-0.39, 0.29) is 6.42 Å². The summed E-state index contributed by atoms with van der Waals surface area (Å²) >= 11 is 0. The molecule has 22 heavy (non-hydrogen) atoms. The van der Waals surface area contributed by atoms with Crippen molar-refractivity contribution < 1.29 is 9.90 Å². The normalized spacial score (nSPS) is 11.3. The summed E-state index contributed by atoms with van der Waals surface area (Å²) < 4.78 is 0. The number of carboxylic acids is 1. The van der Waals surface area contributed by atoms with Crippen LogP contribution in [0, 0.1) is 0 Å². The van der Waals surface area contributed by atoms with Crippen LogP contribution in [0.5, 0.6) is 0 Å². The molecule has 0 saturated heterocycles. The minimum atomic E-state index is -0.801. The highest BCUT2D eigenvalue weighted by Gasteiger charge is 1.94. The molecule has 0 spiro atoms. The Morgan fingerprint density at radius 3 is 1.59 bits per heavy atom. The highest BCUT2D eigenvalue weighted by Crippen LogP contribution is 2.12. The van der Waals surface area contributed by atoms with Gasteiger partial charge in [-0.2, -0.15) is 0 Å². The molecule has 0 rings (SSSR count). The number of rotatable bonds is 17. The number of carbonyl (C=O) groups is 1. The van der Waals surface area contributed by atoms with Gasteiger partial charge in [-0.05, 0) is 6.42 Å². The van der Waals surface area contributed by atoms with Crippen LogP contribution in [-0.2, 0) is 4.79 Å². The zero-order valence-electron chi connectivity index (χ0n) is 14.7. The lowest BCUT2D eigenvalue weighted by Crippen LogP contribution is -1.94. The van der Waals surface area contributed by atoms with E-state index < -0.39 is 5.97 Å². The molecule has 0 aliphatic heterocycles. The number of aliphatic imine (C=N–C) groups is 1. The molecular formula is C19H37NO2. The molecule has 0 fully saturated rings. The molecule has 0 bridgehead atoms. The number of unbranched alkanes of at least 4 members (excludes halogenated alkanes) is 13. The van der Waals surface area contributed by atoms with E-state index in [1.165, 1.54) is 89.7 Å². The van der Waals surface area contributed by atoms with Gasteiger partial charge in [0.05, 0.1) is 6.42 Å². The van der Waals surface area contributed by atoms with Gasteiger partial charge in [0.1, 0.15) is 0 Å². The van der Waals surface area contributed by atoms with E-state index in [1.807, 2.05) is 0 Å². The first-order chi connectivity index (χ1) is 10.8. The molecule has 0 aliphatic rings. The third-order valence-electron chi connectivity index (χ3n) is 4.04. The number of hydrogen-bond acceptors (Lipinski definition) is 2. The van der Waals surface area contributed by atoms with Crippen LogP contribution in [-0.4, -0.2) is 23.8 Å². The summed E-state index contributed by atoms with van der Waals surface area (Å²) in [6, 6.07) is 0. The van der Waals surface area contributed by atoms with Gasteiger partial charge >= 0.3 is 5.97 Å². The van der Waals surface area contributed by atoms with Gasteiger partial charge in [0.2, 0.25) is 0 Å². The summed E-state index contributed by atoms with van der Waals surface area (Å²) in [4.78, 5) is 14.4. The molecular weight excluding hydrogens is 274 g/mol.